The van der Waals surface area contributed by atoms with E-state index in [1.165, 1.54) is 17.0 Å². The standard InChI is InChI=1S/C20H23ClF3N5O2/c21-13-9-11(1-2-14(13)22)17(25)16(18(26)30)15-10-29(8-7-27-15)19(31)28-12-3-5-20(23,24)6-4-12/h1-2,9,12H,3-8,10,25H2,(H2,26,30)(H,28,31). The van der Waals surface area contributed by atoms with Crippen LogP contribution in [-0.2, 0) is 4.79 Å². The third kappa shape index (κ3) is 5.49. The van der Waals surface area contributed by atoms with Gasteiger partial charge in [0, 0.05) is 25.4 Å². The van der Waals surface area contributed by atoms with Gasteiger partial charge in [0.25, 0.3) is 5.91 Å². The summed E-state index contributed by atoms with van der Waals surface area (Å²) < 4.78 is 40.1. The molecule has 1 aromatic rings. The number of halogens is 4. The highest BCUT2D eigenvalue weighted by Gasteiger charge is 2.36. The van der Waals surface area contributed by atoms with Crippen molar-refractivity contribution in [3.05, 3.63) is 40.2 Å². The number of hydrogen-bond donors (Lipinski definition) is 3. The molecule has 1 aromatic carbocycles. The Balaban J connectivity index is 1.75. The number of hydrogen-bond acceptors (Lipinski definition) is 4. The molecule has 3 amide bonds. The second kappa shape index (κ2) is 9.17. The molecule has 0 aromatic heterocycles. The third-order valence-corrected chi connectivity index (χ3v) is 5.67. The summed E-state index contributed by atoms with van der Waals surface area (Å²) in [5, 5.41) is 2.59. The number of carbonyl (C=O) groups is 2. The largest absolute Gasteiger partial charge is 0.398 e. The molecule has 1 heterocycles. The van der Waals surface area contributed by atoms with Crippen LogP contribution in [0, 0.1) is 5.82 Å². The zero-order chi connectivity index (χ0) is 22.8. The van der Waals surface area contributed by atoms with E-state index in [1.807, 2.05) is 0 Å². The van der Waals surface area contributed by atoms with Crippen LogP contribution in [-0.4, -0.2) is 54.1 Å². The lowest BCUT2D eigenvalue weighted by Gasteiger charge is -2.32. The monoisotopic (exact) mass is 457 g/mol. The van der Waals surface area contributed by atoms with Gasteiger partial charge in [-0.2, -0.15) is 0 Å². The Morgan fingerprint density at radius 2 is 1.90 bits per heavy atom. The first-order valence-electron chi connectivity index (χ1n) is 9.79. The van der Waals surface area contributed by atoms with E-state index in [9.17, 15) is 22.8 Å². The average molecular weight is 458 g/mol. The van der Waals surface area contributed by atoms with Crippen LogP contribution in [0.25, 0.3) is 5.70 Å². The SMILES string of the molecule is NC(=O)C(C1=NCCN(C(=O)NC2CCC(F)(F)CC2)C1)=C(N)c1ccc(F)c(Cl)c1. The number of urea groups is 1. The van der Waals surface area contributed by atoms with E-state index in [0.29, 0.717) is 0 Å². The predicted octanol–water partition coefficient (Wildman–Crippen LogP) is 2.68. The van der Waals surface area contributed by atoms with Gasteiger partial charge in [-0.25, -0.2) is 18.0 Å². The van der Waals surface area contributed by atoms with Crippen LogP contribution >= 0.6 is 11.6 Å². The molecule has 31 heavy (non-hydrogen) atoms. The van der Waals surface area contributed by atoms with E-state index in [4.69, 9.17) is 23.1 Å². The molecule has 0 atom stereocenters. The molecular weight excluding hydrogens is 435 g/mol. The third-order valence-electron chi connectivity index (χ3n) is 5.38. The van der Waals surface area contributed by atoms with Crippen molar-refractivity contribution in [3.63, 3.8) is 0 Å². The summed E-state index contributed by atoms with van der Waals surface area (Å²) in [6.45, 7) is 0.453. The Kier molecular flexibility index (Phi) is 6.78. The van der Waals surface area contributed by atoms with Gasteiger partial charge < -0.3 is 21.7 Å². The van der Waals surface area contributed by atoms with Gasteiger partial charge in [-0.3, -0.25) is 9.79 Å². The van der Waals surface area contributed by atoms with Gasteiger partial charge >= 0.3 is 6.03 Å². The van der Waals surface area contributed by atoms with Crippen LogP contribution in [0.3, 0.4) is 0 Å². The first-order valence-corrected chi connectivity index (χ1v) is 10.2. The van der Waals surface area contributed by atoms with Crippen molar-refractivity contribution in [1.29, 1.82) is 0 Å². The minimum Gasteiger partial charge on any atom is -0.398 e. The molecule has 1 aliphatic carbocycles. The highest BCUT2D eigenvalue weighted by molar-refractivity contribution is 6.31. The maximum atomic E-state index is 13.5. The highest BCUT2D eigenvalue weighted by Crippen LogP contribution is 2.33. The van der Waals surface area contributed by atoms with Crippen molar-refractivity contribution >= 4 is 34.9 Å². The zero-order valence-electron chi connectivity index (χ0n) is 16.6. The van der Waals surface area contributed by atoms with Crippen LogP contribution in [0.1, 0.15) is 31.2 Å². The molecule has 0 unspecified atom stereocenters. The van der Waals surface area contributed by atoms with Crippen LogP contribution in [0.2, 0.25) is 5.02 Å². The second-order valence-corrected chi connectivity index (χ2v) is 8.02. The number of nitrogens with two attached hydrogens (primary N) is 2. The molecular formula is C20H23ClF3N5O2. The van der Waals surface area contributed by atoms with Gasteiger partial charge in [0.15, 0.2) is 0 Å². The number of aliphatic imine (C=N–C) groups is 1. The normalized spacial score (nSPS) is 20.0. The minimum absolute atomic E-state index is 0.0371. The van der Waals surface area contributed by atoms with Gasteiger partial charge in [0.05, 0.1) is 35.1 Å². The maximum absolute atomic E-state index is 13.5. The predicted molar refractivity (Wildman–Crippen MR) is 111 cm³/mol. The first kappa shape index (κ1) is 22.9. The highest BCUT2D eigenvalue weighted by atomic mass is 35.5. The second-order valence-electron chi connectivity index (χ2n) is 7.61. The number of primary amides is 1. The molecule has 1 fully saturated rings. The fraction of sp³-hybridized carbons (Fsp3) is 0.450. The molecule has 0 saturated heterocycles. The molecule has 168 valence electrons. The van der Waals surface area contributed by atoms with Crippen molar-refractivity contribution in [3.8, 4) is 0 Å². The quantitative estimate of drug-likeness (QED) is 0.604. The number of nitrogens with one attached hydrogen (secondary N) is 1. The molecule has 3 rings (SSSR count). The van der Waals surface area contributed by atoms with E-state index in [-0.39, 0.29) is 78.9 Å². The fourth-order valence-electron chi connectivity index (χ4n) is 3.64. The van der Waals surface area contributed by atoms with Crippen LogP contribution in [0.5, 0.6) is 0 Å². The number of alkyl halides is 2. The average Bonchev–Trinajstić information content (AvgIpc) is 2.71. The van der Waals surface area contributed by atoms with Crippen molar-refractivity contribution in [2.75, 3.05) is 19.6 Å². The number of rotatable bonds is 4. The molecule has 0 radical (unpaired) electrons. The first-order chi connectivity index (χ1) is 14.6. The van der Waals surface area contributed by atoms with Gasteiger partial charge in [-0.15, -0.1) is 0 Å². The summed E-state index contributed by atoms with van der Waals surface area (Å²) in [5.41, 5.74) is 12.0. The van der Waals surface area contributed by atoms with E-state index in [0.717, 1.165) is 6.07 Å². The molecule has 5 N–H and O–H groups in total. The van der Waals surface area contributed by atoms with Gasteiger partial charge in [0.2, 0.25) is 5.92 Å². The number of nitrogens with zero attached hydrogens (tertiary/aromatic N) is 2. The molecule has 0 bridgehead atoms. The Morgan fingerprint density at radius 3 is 2.52 bits per heavy atom. The molecule has 1 saturated carbocycles. The summed E-state index contributed by atoms with van der Waals surface area (Å²) in [7, 11) is 0. The topological polar surface area (TPSA) is 114 Å². The Bertz CT molecular complexity index is 941. The summed E-state index contributed by atoms with van der Waals surface area (Å²) in [5.74, 6) is -4.18. The Labute approximate surface area is 182 Å². The van der Waals surface area contributed by atoms with Crippen LogP contribution < -0.4 is 16.8 Å². The molecule has 7 nitrogen and oxygen atoms in total. The van der Waals surface area contributed by atoms with E-state index < -0.39 is 23.7 Å². The smallest absolute Gasteiger partial charge is 0.318 e. The van der Waals surface area contributed by atoms with Crippen molar-refractivity contribution in [1.82, 2.24) is 10.2 Å². The van der Waals surface area contributed by atoms with Gasteiger partial charge in [-0.05, 0) is 36.6 Å². The number of carbonyl (C=O) groups excluding carboxylic acids is 2. The lowest BCUT2D eigenvalue weighted by molar-refractivity contribution is -0.114. The molecule has 2 aliphatic rings. The fourth-order valence-corrected chi connectivity index (χ4v) is 3.82. The minimum atomic E-state index is -2.69. The van der Waals surface area contributed by atoms with Crippen LogP contribution in [0.4, 0.5) is 18.0 Å². The van der Waals surface area contributed by atoms with Crippen LogP contribution in [0.15, 0.2) is 28.8 Å². The zero-order valence-corrected chi connectivity index (χ0v) is 17.4. The van der Waals surface area contributed by atoms with Gasteiger partial charge in [-0.1, -0.05) is 11.6 Å². The van der Waals surface area contributed by atoms with Crippen molar-refractivity contribution in [2.45, 2.75) is 37.6 Å². The summed E-state index contributed by atoms with van der Waals surface area (Å²) in [6, 6.07) is 2.95. The molecule has 1 aliphatic heterocycles. The van der Waals surface area contributed by atoms with E-state index in [1.54, 1.807) is 0 Å². The Morgan fingerprint density at radius 1 is 1.23 bits per heavy atom. The van der Waals surface area contributed by atoms with E-state index in [2.05, 4.69) is 10.3 Å². The summed E-state index contributed by atoms with van der Waals surface area (Å²) in [6.07, 6.45) is -0.150. The van der Waals surface area contributed by atoms with E-state index >= 15 is 0 Å². The molecule has 11 heteroatoms. The number of amides is 3. The Hall–Kier alpha value is -2.75. The van der Waals surface area contributed by atoms with Crippen molar-refractivity contribution < 1.29 is 22.8 Å². The lowest BCUT2D eigenvalue weighted by Crippen LogP contribution is -2.51. The lowest BCUT2D eigenvalue weighted by atomic mass is 9.92. The van der Waals surface area contributed by atoms with Gasteiger partial charge in [0.1, 0.15) is 5.82 Å². The summed E-state index contributed by atoms with van der Waals surface area (Å²) in [4.78, 5) is 30.5. The molecule has 0 spiro atoms. The summed E-state index contributed by atoms with van der Waals surface area (Å²) >= 11 is 5.80. The maximum Gasteiger partial charge on any atom is 0.318 e. The van der Waals surface area contributed by atoms with Crippen molar-refractivity contribution in [2.24, 2.45) is 16.5 Å². The number of benzene rings is 1.